The Morgan fingerprint density at radius 2 is 1.47 bits per heavy atom. The molecule has 51 heavy (non-hydrogen) atoms. The van der Waals surface area contributed by atoms with Crippen molar-refractivity contribution in [1.29, 1.82) is 0 Å². The van der Waals surface area contributed by atoms with E-state index in [0.717, 1.165) is 65.7 Å². The molecule has 8 nitrogen and oxygen atoms in total. The molecule has 1 spiro atoms. The molecule has 8 heteroatoms. The lowest BCUT2D eigenvalue weighted by Crippen LogP contribution is -2.47. The number of para-hydroxylation sites is 1. The van der Waals surface area contributed by atoms with Crippen molar-refractivity contribution in [3.05, 3.63) is 132 Å². The van der Waals surface area contributed by atoms with Crippen LogP contribution >= 0.6 is 0 Å². The van der Waals surface area contributed by atoms with Gasteiger partial charge in [-0.3, -0.25) is 14.7 Å². The first-order chi connectivity index (χ1) is 24.9. The first-order valence-corrected chi connectivity index (χ1v) is 18.0. The third kappa shape index (κ3) is 7.85. The molecule has 0 bridgehead atoms. The number of nitrogens with zero attached hydrogens (tertiary/aromatic N) is 5. The van der Waals surface area contributed by atoms with Gasteiger partial charge < -0.3 is 19.3 Å². The highest BCUT2D eigenvalue weighted by atomic mass is 16.5. The average molecular weight is 682 g/mol. The minimum Gasteiger partial charge on any atom is -0.473 e. The van der Waals surface area contributed by atoms with Crippen molar-refractivity contribution in [2.24, 2.45) is 11.3 Å². The molecule has 7 rings (SSSR count). The Hall–Kier alpha value is -5.37. The van der Waals surface area contributed by atoms with E-state index in [-0.39, 0.29) is 0 Å². The predicted molar refractivity (Wildman–Crippen MR) is 204 cm³/mol. The van der Waals surface area contributed by atoms with Gasteiger partial charge in [-0.2, -0.15) is 4.98 Å². The van der Waals surface area contributed by atoms with Crippen molar-refractivity contribution in [2.45, 2.75) is 52.2 Å². The number of hydrogen-bond donors (Lipinski definition) is 0. The lowest BCUT2D eigenvalue weighted by Gasteiger charge is -2.53. The zero-order valence-corrected chi connectivity index (χ0v) is 29.9. The van der Waals surface area contributed by atoms with Crippen LogP contribution in [0.25, 0.3) is 0 Å². The highest BCUT2D eigenvalue weighted by molar-refractivity contribution is 5.97. The summed E-state index contributed by atoms with van der Waals surface area (Å²) in [6.07, 6.45) is 8.96. The summed E-state index contributed by atoms with van der Waals surface area (Å²) in [6, 6.07) is 34.2. The van der Waals surface area contributed by atoms with E-state index in [9.17, 15) is 4.79 Å². The summed E-state index contributed by atoms with van der Waals surface area (Å²) >= 11 is 0. The molecule has 1 saturated heterocycles. The zero-order chi connectivity index (χ0) is 35.2. The molecule has 262 valence electrons. The van der Waals surface area contributed by atoms with Crippen molar-refractivity contribution in [2.75, 3.05) is 41.9 Å². The number of amides is 1. The van der Waals surface area contributed by atoms with Crippen molar-refractivity contribution in [1.82, 2.24) is 9.97 Å². The Kier molecular flexibility index (Phi) is 10.2. The second kappa shape index (κ2) is 15.3. The van der Waals surface area contributed by atoms with E-state index < -0.39 is 0 Å². The summed E-state index contributed by atoms with van der Waals surface area (Å²) in [6.45, 7) is 4.70. The molecular weight excluding hydrogens is 635 g/mol. The number of anilines is 4. The molecule has 1 aliphatic heterocycles. The minimum absolute atomic E-state index is 0.300. The Labute approximate surface area is 301 Å². The van der Waals surface area contributed by atoms with Gasteiger partial charge in [-0.1, -0.05) is 72.8 Å². The van der Waals surface area contributed by atoms with Crippen molar-refractivity contribution in [3.63, 3.8) is 0 Å². The van der Waals surface area contributed by atoms with Crippen molar-refractivity contribution >= 4 is 29.2 Å². The molecule has 0 unspecified atom stereocenters. The molecule has 0 radical (unpaired) electrons. The highest BCUT2D eigenvalue weighted by Gasteiger charge is 2.45. The quantitative estimate of drug-likeness (QED) is 0.115. The molecule has 0 N–H and O–H groups in total. The summed E-state index contributed by atoms with van der Waals surface area (Å²) < 4.78 is 12.4. The maximum absolute atomic E-state index is 13.1. The summed E-state index contributed by atoms with van der Waals surface area (Å²) in [4.78, 5) is 28.6. The SMILES string of the molecule is Cc1ccc(CC2CC3(CCN(c4cccc(N(C=O)c5ccc(OCc6ccccc6)nc5OCc5ccccc5)c4N(C)C)CC3)C2)cn1. The zero-order valence-electron chi connectivity index (χ0n) is 29.9. The van der Waals surface area contributed by atoms with Crippen LogP contribution in [-0.4, -0.2) is 43.6 Å². The molecule has 3 aromatic carbocycles. The molecule has 5 aromatic rings. The van der Waals surface area contributed by atoms with Crippen LogP contribution in [-0.2, 0) is 24.4 Å². The van der Waals surface area contributed by atoms with E-state index in [2.05, 4.69) is 33.0 Å². The fourth-order valence-electron chi connectivity index (χ4n) is 7.81. The molecule has 1 amide bonds. The number of carbonyl (C=O) groups excluding carboxylic acids is 1. The average Bonchev–Trinajstić information content (AvgIpc) is 3.15. The lowest BCUT2D eigenvalue weighted by atomic mass is 9.56. The number of carbonyl (C=O) groups is 1. The second-order valence-corrected chi connectivity index (χ2v) is 14.3. The van der Waals surface area contributed by atoms with Crippen molar-refractivity contribution in [3.8, 4) is 11.8 Å². The number of benzene rings is 3. The number of piperidine rings is 1. The van der Waals surface area contributed by atoms with Gasteiger partial charge in [-0.25, -0.2) is 0 Å². The minimum atomic E-state index is 0.300. The van der Waals surface area contributed by atoms with E-state index in [0.29, 0.717) is 36.1 Å². The molecule has 2 aromatic heterocycles. The van der Waals surface area contributed by atoms with Crippen LogP contribution in [0, 0.1) is 18.3 Å². The first-order valence-electron chi connectivity index (χ1n) is 18.0. The van der Waals surface area contributed by atoms with Gasteiger partial charge in [0.2, 0.25) is 18.2 Å². The third-order valence-electron chi connectivity index (χ3n) is 10.4. The molecule has 1 aliphatic carbocycles. The normalized spacial score (nSPS) is 15.2. The lowest BCUT2D eigenvalue weighted by molar-refractivity contribution is -0.106. The topological polar surface area (TPSA) is 71.0 Å². The van der Waals surface area contributed by atoms with E-state index in [1.54, 1.807) is 11.0 Å². The van der Waals surface area contributed by atoms with Gasteiger partial charge in [0.15, 0.2) is 0 Å². The molecule has 2 fully saturated rings. The summed E-state index contributed by atoms with van der Waals surface area (Å²) in [7, 11) is 4.08. The van der Waals surface area contributed by atoms with Gasteiger partial charge in [-0.15, -0.1) is 0 Å². The Bertz CT molecular complexity index is 1900. The van der Waals surface area contributed by atoms with Crippen LogP contribution in [0.2, 0.25) is 0 Å². The van der Waals surface area contributed by atoms with Crippen LogP contribution in [0.5, 0.6) is 11.8 Å². The van der Waals surface area contributed by atoms with Crippen LogP contribution in [0.15, 0.2) is 109 Å². The Balaban J connectivity index is 1.11. The third-order valence-corrected chi connectivity index (χ3v) is 10.4. The second-order valence-electron chi connectivity index (χ2n) is 14.3. The van der Waals surface area contributed by atoms with Crippen molar-refractivity contribution < 1.29 is 14.3 Å². The Morgan fingerprint density at radius 3 is 2.10 bits per heavy atom. The number of aryl methyl sites for hydroxylation is 1. The molecule has 2 aliphatic rings. The standard InChI is InChI=1S/C43H47N5O3/c1-32-17-18-35(28-44-32)25-36-26-43(27-36)21-23-47(24-22-43)37-15-10-16-38(41(37)46(2)3)48(31-49)39-19-20-40(50-29-33-11-6-4-7-12-33)45-42(39)51-30-34-13-8-5-9-14-34/h4-20,28,31,36H,21-27,29-30H2,1-3H3. The maximum atomic E-state index is 13.1. The van der Waals surface area contributed by atoms with Crippen LogP contribution < -0.4 is 24.2 Å². The molecule has 0 atom stereocenters. The molecular formula is C43H47N5O3. The largest absolute Gasteiger partial charge is 0.473 e. The van der Waals surface area contributed by atoms with E-state index in [1.165, 1.54) is 31.2 Å². The van der Waals surface area contributed by atoms with Gasteiger partial charge in [0.1, 0.15) is 18.9 Å². The van der Waals surface area contributed by atoms with Crippen LogP contribution in [0.4, 0.5) is 22.7 Å². The maximum Gasteiger partial charge on any atom is 0.242 e. The van der Waals surface area contributed by atoms with Crippen LogP contribution in [0.1, 0.15) is 48.1 Å². The molecule has 1 saturated carbocycles. The van der Waals surface area contributed by atoms with E-state index >= 15 is 0 Å². The van der Waals surface area contributed by atoms with Crippen LogP contribution in [0.3, 0.4) is 0 Å². The summed E-state index contributed by atoms with van der Waals surface area (Å²) in [5, 5.41) is 0. The van der Waals surface area contributed by atoms with E-state index in [1.807, 2.05) is 106 Å². The monoisotopic (exact) mass is 681 g/mol. The van der Waals surface area contributed by atoms with Gasteiger partial charge in [0.25, 0.3) is 0 Å². The predicted octanol–water partition coefficient (Wildman–Crippen LogP) is 8.54. The highest BCUT2D eigenvalue weighted by Crippen LogP contribution is 2.54. The number of ether oxygens (including phenoxy) is 2. The summed E-state index contributed by atoms with van der Waals surface area (Å²) in [5.41, 5.74) is 8.33. The summed E-state index contributed by atoms with van der Waals surface area (Å²) in [5.74, 6) is 1.49. The smallest absolute Gasteiger partial charge is 0.242 e. The Morgan fingerprint density at radius 1 is 0.784 bits per heavy atom. The van der Waals surface area contributed by atoms with Gasteiger partial charge in [-0.05, 0) is 91.3 Å². The number of rotatable bonds is 13. The number of pyridine rings is 2. The van der Waals surface area contributed by atoms with E-state index in [4.69, 9.17) is 14.5 Å². The fraction of sp³-hybridized carbons (Fsp3) is 0.326. The molecule has 3 heterocycles. The van der Waals surface area contributed by atoms with Gasteiger partial charge >= 0.3 is 0 Å². The first kappa shape index (κ1) is 34.1. The number of hydrogen-bond acceptors (Lipinski definition) is 7. The van der Waals surface area contributed by atoms with Gasteiger partial charge in [0, 0.05) is 45.1 Å². The number of aromatic nitrogens is 2. The van der Waals surface area contributed by atoms with Gasteiger partial charge in [0.05, 0.1) is 17.1 Å². The fourth-order valence-corrected chi connectivity index (χ4v) is 7.81.